The van der Waals surface area contributed by atoms with Crippen LogP contribution < -0.4 is 21.4 Å². The Morgan fingerprint density at radius 2 is 1.90 bits per heavy atom. The molecule has 4 atom stereocenters. The van der Waals surface area contributed by atoms with E-state index in [-0.39, 0.29) is 22.3 Å². The highest BCUT2D eigenvalue weighted by atomic mass is 16.7. The number of benzene rings is 2. The third-order valence-electron chi connectivity index (χ3n) is 7.40. The molecule has 1 fully saturated rings. The Kier molecular flexibility index (Phi) is 7.35. The lowest BCUT2D eigenvalue weighted by atomic mass is 9.89. The van der Waals surface area contributed by atoms with E-state index < -0.39 is 59.3 Å². The van der Waals surface area contributed by atoms with Crippen molar-refractivity contribution in [2.45, 2.75) is 51.0 Å². The van der Waals surface area contributed by atoms with Crippen LogP contribution in [0.3, 0.4) is 0 Å². The van der Waals surface area contributed by atoms with E-state index in [2.05, 4.69) is 5.32 Å². The molecule has 13 nitrogen and oxygen atoms in total. The van der Waals surface area contributed by atoms with Crippen LogP contribution in [-0.4, -0.2) is 64.1 Å². The number of aryl methyl sites for hydroxylation is 2. The molecule has 2 aromatic heterocycles. The predicted octanol–water partition coefficient (Wildman–Crippen LogP) is 2.90. The van der Waals surface area contributed by atoms with E-state index in [1.54, 1.807) is 39.0 Å². The number of aliphatic hydroxyl groups is 1. The van der Waals surface area contributed by atoms with E-state index in [0.29, 0.717) is 5.56 Å². The van der Waals surface area contributed by atoms with Gasteiger partial charge in [-0.25, -0.2) is 9.59 Å². The van der Waals surface area contributed by atoms with Gasteiger partial charge >= 0.3 is 11.7 Å². The highest BCUT2D eigenvalue weighted by Crippen LogP contribution is 2.38. The number of rotatable bonds is 6. The number of aromatic nitrogens is 1. The lowest BCUT2D eigenvalue weighted by molar-refractivity contribution is -0.304. The van der Waals surface area contributed by atoms with E-state index in [0.717, 1.165) is 10.9 Å². The van der Waals surface area contributed by atoms with Crippen molar-refractivity contribution in [1.82, 2.24) is 4.57 Å². The highest BCUT2D eigenvalue weighted by molar-refractivity contribution is 6.08. The van der Waals surface area contributed by atoms with Crippen LogP contribution >= 0.6 is 0 Å². The van der Waals surface area contributed by atoms with Crippen molar-refractivity contribution in [1.29, 1.82) is 0 Å². The van der Waals surface area contributed by atoms with Gasteiger partial charge in [-0.05, 0) is 57.2 Å². The zero-order valence-electron chi connectivity index (χ0n) is 23.5. The number of nitrogens with zero attached hydrogens (tertiary/aromatic N) is 1. The maximum atomic E-state index is 13.0. The average Bonchev–Trinajstić information content (AvgIpc) is 3.30. The molecule has 4 aromatic rings. The molecule has 0 radical (unpaired) electrons. The summed E-state index contributed by atoms with van der Waals surface area (Å²) in [5.41, 5.74) is 4.22. The van der Waals surface area contributed by atoms with Crippen molar-refractivity contribution in [2.24, 2.45) is 12.8 Å². The van der Waals surface area contributed by atoms with Crippen molar-refractivity contribution >= 4 is 39.6 Å². The first kappa shape index (κ1) is 28.9. The highest BCUT2D eigenvalue weighted by Gasteiger charge is 2.53. The van der Waals surface area contributed by atoms with E-state index in [9.17, 15) is 24.6 Å². The van der Waals surface area contributed by atoms with Gasteiger partial charge in [-0.2, -0.15) is 0 Å². The van der Waals surface area contributed by atoms with Gasteiger partial charge in [-0.3, -0.25) is 4.79 Å². The smallest absolute Gasteiger partial charge is 0.404 e. The minimum atomic E-state index is -1.50. The fraction of sp³-hybridized carbons (Fsp3) is 0.345. The number of aliphatic hydroxyl groups excluding tert-OH is 1. The van der Waals surface area contributed by atoms with Crippen LogP contribution in [0.4, 0.5) is 10.5 Å². The molecule has 2 amide bonds. The normalized spacial score (nSPS) is 21.8. The third kappa shape index (κ3) is 5.02. The minimum absolute atomic E-state index is 0.0111. The number of anilines is 1. The van der Waals surface area contributed by atoms with Gasteiger partial charge in [0.25, 0.3) is 5.91 Å². The molecule has 0 aliphatic carbocycles. The van der Waals surface area contributed by atoms with Gasteiger partial charge in [0.1, 0.15) is 17.4 Å². The number of fused-ring (bicyclic) bond motifs is 2. The summed E-state index contributed by atoms with van der Waals surface area (Å²) in [6, 6.07) is 9.83. The van der Waals surface area contributed by atoms with Crippen LogP contribution in [0.2, 0.25) is 0 Å². The maximum Gasteiger partial charge on any atom is 0.404 e. The topological polar surface area (TPSA) is 185 Å². The molecule has 1 aliphatic heterocycles. The van der Waals surface area contributed by atoms with E-state index >= 15 is 0 Å². The number of aromatic hydroxyl groups is 1. The summed E-state index contributed by atoms with van der Waals surface area (Å²) in [5, 5.41) is 25.3. The van der Waals surface area contributed by atoms with Gasteiger partial charge in [0.2, 0.25) is 6.29 Å². The number of nitrogens with two attached hydrogens (primary N) is 1. The number of hydrogen-bond donors (Lipinski definition) is 4. The van der Waals surface area contributed by atoms with Gasteiger partial charge in [0, 0.05) is 42.4 Å². The van der Waals surface area contributed by atoms with Crippen molar-refractivity contribution in [2.75, 3.05) is 12.4 Å². The summed E-state index contributed by atoms with van der Waals surface area (Å²) < 4.78 is 29.8. The lowest BCUT2D eigenvalue weighted by Crippen LogP contribution is -2.65. The molecule has 222 valence electrons. The summed E-state index contributed by atoms with van der Waals surface area (Å²) in [4.78, 5) is 37.4. The lowest BCUT2D eigenvalue weighted by Gasteiger charge is -2.47. The second kappa shape index (κ2) is 10.7. The number of carbonyl (C=O) groups is 2. The fourth-order valence-electron chi connectivity index (χ4n) is 5.28. The number of carbonyl (C=O) groups excluding carboxylic acids is 2. The first-order chi connectivity index (χ1) is 19.8. The third-order valence-corrected chi connectivity index (χ3v) is 7.40. The Bertz CT molecular complexity index is 1760. The Morgan fingerprint density at radius 3 is 2.60 bits per heavy atom. The van der Waals surface area contributed by atoms with E-state index in [1.165, 1.54) is 19.2 Å². The first-order valence-electron chi connectivity index (χ1n) is 13.0. The molecule has 1 saturated heterocycles. The molecule has 5 rings (SSSR count). The van der Waals surface area contributed by atoms with Crippen LogP contribution in [0.5, 0.6) is 11.5 Å². The molecular weight excluding hydrogens is 550 g/mol. The standard InChI is InChI=1S/C29H31N3O10/c1-13-18(39-27-21(34)23(41-28(30)37)24(38-5)29(2,3)42-27)9-7-16-20(33)19(26(36)40-22(13)16)31-25(35)15-6-8-17-14(12-15)10-11-32(17)4/h6-12,21,23-24,27,33-34H,1-5H3,(H2,30,37)(H,31,35)/t21-,23+,24-,27-/m1/s1. The predicted molar refractivity (Wildman–Crippen MR) is 151 cm³/mol. The molecule has 42 heavy (non-hydrogen) atoms. The fourth-order valence-corrected chi connectivity index (χ4v) is 5.28. The zero-order valence-corrected chi connectivity index (χ0v) is 23.5. The largest absolute Gasteiger partial charge is 0.505 e. The Labute approximate surface area is 239 Å². The molecule has 2 aromatic carbocycles. The number of methoxy groups -OCH3 is 1. The van der Waals surface area contributed by atoms with Crippen molar-refractivity contribution in [3.05, 3.63) is 64.1 Å². The van der Waals surface area contributed by atoms with Crippen LogP contribution in [-0.2, 0) is 21.3 Å². The SMILES string of the molecule is CO[C@@H]1[C@@H](OC(N)=O)[C@@H](O)[C@H](Oc2ccc3c(O)c(NC(=O)c4ccc5c(ccn5C)c4)c(=O)oc3c2C)OC1(C)C. The number of primary amides is 1. The summed E-state index contributed by atoms with van der Waals surface area (Å²) in [6.45, 7) is 4.90. The summed E-state index contributed by atoms with van der Waals surface area (Å²) >= 11 is 0. The average molecular weight is 582 g/mol. The minimum Gasteiger partial charge on any atom is -0.505 e. The van der Waals surface area contributed by atoms with Crippen LogP contribution in [0.15, 0.2) is 51.8 Å². The van der Waals surface area contributed by atoms with Gasteiger partial charge in [0.15, 0.2) is 23.6 Å². The summed E-state index contributed by atoms with van der Waals surface area (Å²) in [5.74, 6) is -0.947. The second-order valence-corrected chi connectivity index (χ2v) is 10.6. The second-order valence-electron chi connectivity index (χ2n) is 10.6. The number of nitrogens with one attached hydrogen (secondary N) is 1. The van der Waals surface area contributed by atoms with Crippen LogP contribution in [0, 0.1) is 6.92 Å². The molecule has 3 heterocycles. The van der Waals surface area contributed by atoms with Crippen molar-refractivity contribution in [3.8, 4) is 11.5 Å². The maximum absolute atomic E-state index is 13.0. The number of ether oxygens (including phenoxy) is 4. The van der Waals surface area contributed by atoms with Crippen molar-refractivity contribution in [3.63, 3.8) is 0 Å². The Morgan fingerprint density at radius 1 is 1.17 bits per heavy atom. The van der Waals surface area contributed by atoms with Gasteiger partial charge in [-0.15, -0.1) is 0 Å². The Balaban J connectivity index is 1.44. The Hall–Kier alpha value is -4.59. The molecule has 0 unspecified atom stereocenters. The summed E-state index contributed by atoms with van der Waals surface area (Å²) in [7, 11) is 3.26. The van der Waals surface area contributed by atoms with Gasteiger partial charge in [0.05, 0.1) is 11.0 Å². The summed E-state index contributed by atoms with van der Waals surface area (Å²) in [6.07, 6.45) is -4.16. The quantitative estimate of drug-likeness (QED) is 0.247. The molecule has 0 saturated carbocycles. The van der Waals surface area contributed by atoms with Gasteiger partial charge < -0.3 is 49.2 Å². The van der Waals surface area contributed by atoms with Gasteiger partial charge in [-0.1, -0.05) is 0 Å². The van der Waals surface area contributed by atoms with Crippen LogP contribution in [0.1, 0.15) is 29.8 Å². The molecule has 0 bridgehead atoms. The van der Waals surface area contributed by atoms with Crippen molar-refractivity contribution < 1.29 is 43.2 Å². The monoisotopic (exact) mass is 581 g/mol. The molecular formula is C29H31N3O10. The zero-order chi connectivity index (χ0) is 30.5. The number of hydrogen-bond acceptors (Lipinski definition) is 10. The van der Waals surface area contributed by atoms with E-state index in [4.69, 9.17) is 29.1 Å². The first-order valence-corrected chi connectivity index (χ1v) is 13.0. The molecule has 1 aliphatic rings. The molecule has 13 heteroatoms. The van der Waals surface area contributed by atoms with E-state index in [1.807, 2.05) is 23.9 Å². The molecule has 0 spiro atoms. The van der Waals surface area contributed by atoms with Crippen LogP contribution in [0.25, 0.3) is 21.9 Å². The number of amides is 2. The molecule has 5 N–H and O–H groups in total.